The molecule has 0 aromatic heterocycles. The van der Waals surface area contributed by atoms with Crippen LogP contribution in [0, 0.1) is 0 Å². The second-order valence-electron chi connectivity index (χ2n) is 10.6. The van der Waals surface area contributed by atoms with Crippen LogP contribution in [-0.2, 0) is 0 Å². The van der Waals surface area contributed by atoms with Gasteiger partial charge in [-0.15, -0.1) is 0 Å². The van der Waals surface area contributed by atoms with Crippen molar-refractivity contribution in [3.05, 3.63) is 146 Å². The molecule has 0 unspecified atom stereocenters. The molecule has 0 aliphatic carbocycles. The van der Waals surface area contributed by atoms with Gasteiger partial charge in [-0.3, -0.25) is 0 Å². The van der Waals surface area contributed by atoms with E-state index in [1.54, 1.807) is 14.2 Å². The molecule has 0 heterocycles. The summed E-state index contributed by atoms with van der Waals surface area (Å²) in [5, 5.41) is 0.739. The quantitative estimate of drug-likeness (QED) is 0.138. The monoisotopic (exact) mass is 606 g/mol. The molecule has 0 spiro atoms. The van der Waals surface area contributed by atoms with Crippen LogP contribution in [0.5, 0.6) is 23.0 Å². The number of benzene rings is 6. The van der Waals surface area contributed by atoms with E-state index in [1.807, 2.05) is 72.8 Å². The zero-order chi connectivity index (χ0) is 31.0. The van der Waals surface area contributed by atoms with Crippen LogP contribution in [0.15, 0.2) is 146 Å². The smallest absolute Gasteiger partial charge is 0.611 e. The molecule has 0 saturated heterocycles. The zero-order valence-electron chi connectivity index (χ0n) is 25.8. The lowest BCUT2D eigenvalue weighted by molar-refractivity contribution is 0.408. The maximum Gasteiger partial charge on any atom is 0.856 e. The summed E-state index contributed by atoms with van der Waals surface area (Å²) in [5.41, 5.74) is 8.04. The van der Waals surface area contributed by atoms with Crippen molar-refractivity contribution < 1.29 is 17.1 Å². The molecule has 0 aliphatic rings. The minimum Gasteiger partial charge on any atom is -0.611 e. The Morgan fingerprint density at radius 3 is 0.911 bits per heavy atom. The van der Waals surface area contributed by atoms with Crippen LogP contribution in [0.2, 0.25) is 5.28 Å². The third-order valence-corrected chi connectivity index (χ3v) is 9.43. The molecule has 0 radical (unpaired) electrons. The Bertz CT molecular complexity index is 1590. The molecule has 0 atom stereocenters. The van der Waals surface area contributed by atoms with Gasteiger partial charge in [0, 0.05) is 22.3 Å². The molecule has 6 aromatic rings. The highest BCUT2D eigenvalue weighted by atomic mass is 27.2. The van der Waals surface area contributed by atoms with Gasteiger partial charge in [-0.05, 0) is 51.8 Å². The fourth-order valence-corrected chi connectivity index (χ4v) is 6.89. The fraction of sp³-hybridized carbons (Fsp3) is 0.100. The Morgan fingerprint density at radius 2 is 0.689 bits per heavy atom. The minimum absolute atomic E-state index is 0.739. The van der Waals surface area contributed by atoms with Crippen LogP contribution in [0.3, 0.4) is 0 Å². The van der Waals surface area contributed by atoms with Gasteiger partial charge < -0.3 is 17.1 Å². The first-order valence-corrected chi connectivity index (χ1v) is 16.9. The fourth-order valence-electron chi connectivity index (χ4n) is 5.48. The Labute approximate surface area is 270 Å². The highest BCUT2D eigenvalue weighted by molar-refractivity contribution is 6.46. The van der Waals surface area contributed by atoms with E-state index in [9.17, 15) is 0 Å². The van der Waals surface area contributed by atoms with Gasteiger partial charge in [0.2, 0.25) is 0 Å². The maximum atomic E-state index is 7.11. The van der Waals surface area contributed by atoms with Crippen molar-refractivity contribution in [2.75, 3.05) is 14.2 Å². The summed E-state index contributed by atoms with van der Waals surface area (Å²) in [5.74, 6) is 3.12. The normalized spacial score (nSPS) is 10.6. The maximum absolute atomic E-state index is 7.11. The predicted octanol–water partition coefficient (Wildman–Crippen LogP) is 10.3. The summed E-state index contributed by atoms with van der Waals surface area (Å²) in [7, 11) is 3.40. The van der Waals surface area contributed by atoms with E-state index in [-0.39, 0.29) is 0 Å². The highest BCUT2D eigenvalue weighted by Gasteiger charge is 2.34. The lowest BCUT2D eigenvalue weighted by Crippen LogP contribution is -2.30. The molecule has 0 aliphatic heterocycles. The summed E-state index contributed by atoms with van der Waals surface area (Å²) in [6.07, 6.45) is 0. The van der Waals surface area contributed by atoms with Gasteiger partial charge in [0.05, 0.1) is 25.7 Å². The highest BCUT2D eigenvalue weighted by Crippen LogP contribution is 2.45. The summed E-state index contributed by atoms with van der Waals surface area (Å²) in [4.78, 5) is 0. The lowest BCUT2D eigenvalue weighted by atomic mass is 9.97. The van der Waals surface area contributed by atoms with Crippen molar-refractivity contribution in [3.63, 3.8) is 0 Å². The van der Waals surface area contributed by atoms with Crippen molar-refractivity contribution in [2.45, 2.75) is 12.2 Å². The lowest BCUT2D eigenvalue weighted by Gasteiger charge is -2.25. The molecule has 6 aromatic carbocycles. The largest absolute Gasteiger partial charge is 0.856 e. The third-order valence-electron chi connectivity index (χ3n) is 7.77. The average Bonchev–Trinajstić information content (AvgIpc) is 3.12. The van der Waals surface area contributed by atoms with E-state index in [4.69, 9.17) is 17.1 Å². The second kappa shape index (κ2) is 14.2. The van der Waals surface area contributed by atoms with Crippen LogP contribution in [0.4, 0.5) is 0 Å². The molecule has 0 bridgehead atoms. The molecule has 5 heteroatoms. The van der Waals surface area contributed by atoms with E-state index < -0.39 is 14.8 Å². The second-order valence-corrected chi connectivity index (χ2v) is 12.8. The van der Waals surface area contributed by atoms with E-state index >= 15 is 0 Å². The summed E-state index contributed by atoms with van der Waals surface area (Å²) >= 11 is -2.40. The number of hydrogen-bond donors (Lipinski definition) is 0. The Kier molecular flexibility index (Phi) is 9.51. The molecule has 222 valence electrons. The van der Waals surface area contributed by atoms with Gasteiger partial charge in [-0.25, -0.2) is 0 Å². The van der Waals surface area contributed by atoms with Crippen molar-refractivity contribution in [1.29, 1.82) is 0 Å². The molecule has 4 nitrogen and oxygen atoms in total. The van der Waals surface area contributed by atoms with Crippen LogP contribution in [0.25, 0.3) is 44.5 Å². The van der Waals surface area contributed by atoms with Gasteiger partial charge in [-0.1, -0.05) is 128 Å². The van der Waals surface area contributed by atoms with Crippen molar-refractivity contribution >= 4 is 14.8 Å². The molecule has 6 rings (SSSR count). The van der Waals surface area contributed by atoms with Crippen LogP contribution in [-0.4, -0.2) is 29.0 Å². The zero-order valence-corrected chi connectivity index (χ0v) is 26.9. The minimum atomic E-state index is -2.40. The first-order chi connectivity index (χ1) is 22.2. The molecule has 0 N–H and O–H groups in total. The first kappa shape index (κ1) is 30.1. The summed E-state index contributed by atoms with van der Waals surface area (Å²) < 4.78 is 25.8. The third kappa shape index (κ3) is 6.76. The molecule has 0 saturated carbocycles. The summed E-state index contributed by atoms with van der Waals surface area (Å²) in [6.45, 7) is 2.14. The number of methoxy groups -OCH3 is 2. The molecule has 0 amide bonds. The Morgan fingerprint density at radius 1 is 0.422 bits per heavy atom. The Balaban J connectivity index is 1.51. The van der Waals surface area contributed by atoms with Crippen LogP contribution < -0.4 is 17.1 Å². The number of ether oxygens (including phenoxy) is 2. The molecule has 45 heavy (non-hydrogen) atoms. The van der Waals surface area contributed by atoms with E-state index in [0.717, 1.165) is 72.8 Å². The van der Waals surface area contributed by atoms with Crippen LogP contribution in [0.1, 0.15) is 6.92 Å². The standard InChI is InChI=1S/2C19H16O2.C2H5.Al/c2*1-21-16-12-17(14-8-4-2-5-9-14)19(20)18(13-16)15-10-6-3-7-11-15;1-2;/h2*2-13,20H,1H3;1H2,2H3;/q;;;+2/p-2. The topological polar surface area (TPSA) is 36.9 Å². The predicted molar refractivity (Wildman–Crippen MR) is 185 cm³/mol. The van der Waals surface area contributed by atoms with Gasteiger partial charge in [0.1, 0.15) is 11.5 Å². The number of hydrogen-bond acceptors (Lipinski definition) is 4. The SMILES string of the molecule is C[CH2][Al]([O]c1c(-c2ccccc2)cc(OC)cc1-c1ccccc1)[O]c1c(-c2ccccc2)cc(OC)cc1-c1ccccc1. The summed E-state index contributed by atoms with van der Waals surface area (Å²) in [6, 6.07) is 49.5. The van der Waals surface area contributed by atoms with Gasteiger partial charge in [0.25, 0.3) is 0 Å². The van der Waals surface area contributed by atoms with Gasteiger partial charge >= 0.3 is 14.8 Å². The van der Waals surface area contributed by atoms with Crippen LogP contribution >= 0.6 is 0 Å². The van der Waals surface area contributed by atoms with Gasteiger partial charge in [-0.2, -0.15) is 0 Å². The van der Waals surface area contributed by atoms with Crippen molar-refractivity contribution in [3.8, 4) is 67.5 Å². The Hall–Kier alpha value is -4.95. The van der Waals surface area contributed by atoms with E-state index in [1.165, 1.54) is 0 Å². The number of rotatable bonds is 11. The van der Waals surface area contributed by atoms with Crippen molar-refractivity contribution in [2.24, 2.45) is 0 Å². The van der Waals surface area contributed by atoms with E-state index in [2.05, 4.69) is 79.7 Å². The average molecular weight is 607 g/mol. The molecular weight excluding hydrogens is 571 g/mol. The molecular formula is C40H35AlO4. The molecule has 0 fully saturated rings. The van der Waals surface area contributed by atoms with Crippen molar-refractivity contribution in [1.82, 2.24) is 0 Å². The van der Waals surface area contributed by atoms with Gasteiger partial charge in [0.15, 0.2) is 0 Å². The van der Waals surface area contributed by atoms with E-state index in [0.29, 0.717) is 0 Å². The first-order valence-electron chi connectivity index (χ1n) is 15.2.